The molecule has 0 aliphatic heterocycles. The lowest BCUT2D eigenvalue weighted by Gasteiger charge is -2.19. The number of aromatic hydroxyl groups is 1. The molecule has 0 aliphatic carbocycles. The van der Waals surface area contributed by atoms with Crippen LogP contribution in [0, 0.1) is 31.5 Å². The van der Waals surface area contributed by atoms with E-state index >= 15 is 0 Å². The van der Waals surface area contributed by atoms with Gasteiger partial charge in [-0.05, 0) is 79.8 Å². The Morgan fingerprint density at radius 2 is 1.78 bits per heavy atom. The first-order chi connectivity index (χ1) is 17.9. The van der Waals surface area contributed by atoms with Crippen molar-refractivity contribution in [2.75, 3.05) is 0 Å². The zero-order chi connectivity index (χ0) is 25.9. The molecule has 37 heavy (non-hydrogen) atoms. The molecule has 3 heterocycles. The van der Waals surface area contributed by atoms with Gasteiger partial charge in [0.25, 0.3) is 5.91 Å². The van der Waals surface area contributed by atoms with Gasteiger partial charge in [0, 0.05) is 33.7 Å². The van der Waals surface area contributed by atoms with Crippen LogP contribution in [-0.2, 0) is 0 Å². The molecule has 2 aromatic carbocycles. The number of aromatic nitrogens is 3. The van der Waals surface area contributed by atoms with Crippen LogP contribution >= 0.6 is 0 Å². The zero-order valence-electron chi connectivity index (χ0n) is 20.2. The molecule has 7 heteroatoms. The number of benzene rings is 2. The smallest absolute Gasteiger partial charge is 0.270 e. The predicted octanol–water partition coefficient (Wildman–Crippen LogP) is 5.34. The number of hydrogen-bond acceptors (Lipinski definition) is 4. The SMILES string of the molecule is Cc1cccc(C#Cc2cc(C)nc(C(=O)NC(c3cc4ccccc4[nH]3)c3cc(F)ccc3O)c2)n1. The van der Waals surface area contributed by atoms with Crippen molar-refractivity contribution in [3.05, 3.63) is 124 Å². The first-order valence-corrected chi connectivity index (χ1v) is 11.7. The van der Waals surface area contributed by atoms with Gasteiger partial charge in [0.05, 0.1) is 6.04 Å². The molecule has 1 atom stereocenters. The number of H-pyrrole nitrogens is 1. The van der Waals surface area contributed by atoms with E-state index in [0.717, 1.165) is 16.6 Å². The summed E-state index contributed by atoms with van der Waals surface area (Å²) in [4.78, 5) is 25.4. The summed E-state index contributed by atoms with van der Waals surface area (Å²) in [6, 6.07) is 21.2. The quantitative estimate of drug-likeness (QED) is 0.297. The number of carbonyl (C=O) groups is 1. The fourth-order valence-corrected chi connectivity index (χ4v) is 4.14. The standard InChI is InChI=1S/C30H23FN4O2/c1-18-6-5-8-23(32-18)12-10-20-14-19(2)33-27(15-20)30(37)35-29(24-17-22(31)11-13-28(24)36)26-16-21-7-3-4-9-25(21)34-26/h3-9,11,13-17,29,34,36H,1-2H3,(H,35,37). The van der Waals surface area contributed by atoms with Crippen LogP contribution in [-0.4, -0.2) is 26.0 Å². The number of phenolic OH excluding ortho intramolecular Hbond substituents is 1. The first kappa shape index (κ1) is 23.8. The average molecular weight is 491 g/mol. The van der Waals surface area contributed by atoms with Crippen molar-refractivity contribution in [1.29, 1.82) is 0 Å². The van der Waals surface area contributed by atoms with Crippen molar-refractivity contribution >= 4 is 16.8 Å². The Hall–Kier alpha value is -4.96. The molecule has 3 N–H and O–H groups in total. The number of aromatic amines is 1. The molecule has 0 spiro atoms. The van der Waals surface area contributed by atoms with E-state index in [1.165, 1.54) is 18.2 Å². The number of fused-ring (bicyclic) bond motifs is 1. The third-order valence-electron chi connectivity index (χ3n) is 5.85. The number of amides is 1. The van der Waals surface area contributed by atoms with E-state index in [2.05, 4.69) is 32.1 Å². The maximum atomic E-state index is 14.2. The van der Waals surface area contributed by atoms with Crippen LogP contribution in [0.2, 0.25) is 0 Å². The molecular formula is C30H23FN4O2. The highest BCUT2D eigenvalue weighted by molar-refractivity contribution is 5.93. The van der Waals surface area contributed by atoms with Gasteiger partial charge >= 0.3 is 0 Å². The number of halogens is 1. The number of pyridine rings is 2. The van der Waals surface area contributed by atoms with E-state index in [1.54, 1.807) is 19.1 Å². The second kappa shape index (κ2) is 9.96. The minimum atomic E-state index is -0.857. The summed E-state index contributed by atoms with van der Waals surface area (Å²) in [6.45, 7) is 3.67. The number of rotatable bonds is 4. The van der Waals surface area contributed by atoms with Gasteiger partial charge < -0.3 is 15.4 Å². The maximum Gasteiger partial charge on any atom is 0.270 e. The number of nitrogens with one attached hydrogen (secondary N) is 2. The monoisotopic (exact) mass is 490 g/mol. The van der Waals surface area contributed by atoms with Gasteiger partial charge in [0.2, 0.25) is 0 Å². The van der Waals surface area contributed by atoms with E-state index in [4.69, 9.17) is 0 Å². The van der Waals surface area contributed by atoms with Gasteiger partial charge in [-0.2, -0.15) is 0 Å². The highest BCUT2D eigenvalue weighted by Gasteiger charge is 2.24. The first-order valence-electron chi connectivity index (χ1n) is 11.7. The Morgan fingerprint density at radius 1 is 0.946 bits per heavy atom. The molecule has 182 valence electrons. The molecule has 0 saturated heterocycles. The van der Waals surface area contributed by atoms with E-state index in [9.17, 15) is 14.3 Å². The van der Waals surface area contributed by atoms with Crippen LogP contribution in [0.1, 0.15) is 50.4 Å². The summed E-state index contributed by atoms with van der Waals surface area (Å²) in [7, 11) is 0. The van der Waals surface area contributed by atoms with Gasteiger partial charge in [-0.3, -0.25) is 4.79 Å². The van der Waals surface area contributed by atoms with Crippen LogP contribution in [0.25, 0.3) is 10.9 Å². The minimum Gasteiger partial charge on any atom is -0.508 e. The summed E-state index contributed by atoms with van der Waals surface area (Å²) >= 11 is 0. The van der Waals surface area contributed by atoms with Crippen LogP contribution in [0.4, 0.5) is 4.39 Å². The van der Waals surface area contributed by atoms with Crippen molar-refractivity contribution in [1.82, 2.24) is 20.3 Å². The molecule has 6 nitrogen and oxygen atoms in total. The molecule has 1 unspecified atom stereocenters. The van der Waals surface area contributed by atoms with Crippen LogP contribution in [0.3, 0.4) is 0 Å². The Morgan fingerprint density at radius 3 is 2.59 bits per heavy atom. The number of phenols is 1. The van der Waals surface area contributed by atoms with Crippen molar-refractivity contribution in [3.63, 3.8) is 0 Å². The molecule has 0 bridgehead atoms. The van der Waals surface area contributed by atoms with Crippen molar-refractivity contribution in [2.45, 2.75) is 19.9 Å². The molecule has 0 radical (unpaired) electrons. The summed E-state index contributed by atoms with van der Waals surface area (Å²) in [5.74, 6) is 4.90. The topological polar surface area (TPSA) is 90.9 Å². The Kier molecular flexibility index (Phi) is 6.40. The normalized spacial score (nSPS) is 11.5. The lowest BCUT2D eigenvalue weighted by Crippen LogP contribution is -2.30. The van der Waals surface area contributed by atoms with E-state index in [1.807, 2.05) is 55.5 Å². The summed E-state index contributed by atoms with van der Waals surface area (Å²) < 4.78 is 14.2. The van der Waals surface area contributed by atoms with E-state index in [0.29, 0.717) is 22.6 Å². The van der Waals surface area contributed by atoms with Gasteiger partial charge in [0.15, 0.2) is 0 Å². The largest absolute Gasteiger partial charge is 0.508 e. The fourth-order valence-electron chi connectivity index (χ4n) is 4.14. The molecular weight excluding hydrogens is 467 g/mol. The predicted molar refractivity (Wildman–Crippen MR) is 140 cm³/mol. The highest BCUT2D eigenvalue weighted by atomic mass is 19.1. The Labute approximate surface area is 213 Å². The van der Waals surface area contributed by atoms with Crippen LogP contribution in [0.5, 0.6) is 5.75 Å². The molecule has 5 rings (SSSR count). The third-order valence-corrected chi connectivity index (χ3v) is 5.85. The minimum absolute atomic E-state index is 0.139. The Balaban J connectivity index is 1.51. The lowest BCUT2D eigenvalue weighted by molar-refractivity contribution is 0.0936. The number of carbonyl (C=O) groups excluding carboxylic acids is 1. The highest BCUT2D eigenvalue weighted by Crippen LogP contribution is 2.31. The van der Waals surface area contributed by atoms with Crippen molar-refractivity contribution in [2.24, 2.45) is 0 Å². The molecule has 0 aliphatic rings. The number of para-hydroxylation sites is 1. The summed E-state index contributed by atoms with van der Waals surface area (Å²) in [6.07, 6.45) is 0. The molecule has 3 aromatic heterocycles. The fraction of sp³-hybridized carbons (Fsp3) is 0.100. The van der Waals surface area contributed by atoms with Crippen LogP contribution in [0.15, 0.2) is 78.9 Å². The molecule has 5 aromatic rings. The zero-order valence-corrected chi connectivity index (χ0v) is 20.2. The molecule has 0 fully saturated rings. The lowest BCUT2D eigenvalue weighted by atomic mass is 10.0. The number of nitrogens with zero attached hydrogens (tertiary/aromatic N) is 2. The van der Waals surface area contributed by atoms with Crippen LogP contribution < -0.4 is 5.32 Å². The van der Waals surface area contributed by atoms with Crippen molar-refractivity contribution in [3.8, 4) is 17.6 Å². The third kappa shape index (κ3) is 5.34. The van der Waals surface area contributed by atoms with Gasteiger partial charge in [0.1, 0.15) is 23.0 Å². The number of aryl methyl sites for hydroxylation is 2. The van der Waals surface area contributed by atoms with Gasteiger partial charge in [-0.1, -0.05) is 30.2 Å². The maximum absolute atomic E-state index is 14.2. The summed E-state index contributed by atoms with van der Waals surface area (Å²) in [5.41, 5.74) is 4.53. The van der Waals surface area contributed by atoms with E-state index < -0.39 is 17.8 Å². The van der Waals surface area contributed by atoms with Gasteiger partial charge in [-0.15, -0.1) is 0 Å². The summed E-state index contributed by atoms with van der Waals surface area (Å²) in [5, 5.41) is 14.4. The van der Waals surface area contributed by atoms with Crippen molar-refractivity contribution < 1.29 is 14.3 Å². The second-order valence-electron chi connectivity index (χ2n) is 8.72. The number of hydrogen-bond donors (Lipinski definition) is 3. The molecule has 0 saturated carbocycles. The Bertz CT molecular complexity index is 1660. The molecule has 1 amide bonds. The second-order valence-corrected chi connectivity index (χ2v) is 8.72. The van der Waals surface area contributed by atoms with E-state index in [-0.39, 0.29) is 17.0 Å². The average Bonchev–Trinajstić information content (AvgIpc) is 3.31. The van der Waals surface area contributed by atoms with Gasteiger partial charge in [-0.25, -0.2) is 14.4 Å².